The quantitative estimate of drug-likeness (QED) is 0.398. The number of imidazole rings is 1. The molecule has 0 fully saturated rings. The normalized spacial score (nSPS) is 13.8. The summed E-state index contributed by atoms with van der Waals surface area (Å²) in [6.45, 7) is 5.41. The highest BCUT2D eigenvalue weighted by Gasteiger charge is 2.21. The van der Waals surface area contributed by atoms with Crippen LogP contribution in [0.2, 0.25) is 0 Å². The molecule has 0 spiro atoms. The lowest BCUT2D eigenvalue weighted by Crippen LogP contribution is -2.07. The summed E-state index contributed by atoms with van der Waals surface area (Å²) >= 11 is 0. The minimum Gasteiger partial charge on any atom is -0.488 e. The molecule has 3 aromatic heterocycles. The largest absolute Gasteiger partial charge is 0.488 e. The Labute approximate surface area is 206 Å². The van der Waals surface area contributed by atoms with Gasteiger partial charge in [0.05, 0.1) is 13.2 Å². The molecule has 0 aliphatic carbocycles. The van der Waals surface area contributed by atoms with Crippen LogP contribution in [0.15, 0.2) is 64.0 Å². The molecule has 0 saturated heterocycles. The lowest BCUT2D eigenvalue weighted by molar-refractivity contribution is 0.300. The fourth-order valence-corrected chi connectivity index (χ4v) is 4.52. The third kappa shape index (κ3) is 3.84. The molecule has 0 bridgehead atoms. The number of para-hydroxylation sites is 1. The van der Waals surface area contributed by atoms with Crippen LogP contribution in [0, 0.1) is 6.92 Å². The molecule has 5 aromatic rings. The first-order valence-corrected chi connectivity index (χ1v) is 11.7. The van der Waals surface area contributed by atoms with Crippen LogP contribution in [0.3, 0.4) is 0 Å². The number of nitrogens with one attached hydrogen (secondary N) is 1. The monoisotopic (exact) mass is 481 g/mol. The fraction of sp³-hybridized carbons (Fsp3) is 0.185. The first kappa shape index (κ1) is 21.8. The Bertz CT molecular complexity index is 1680. The first-order valence-electron chi connectivity index (χ1n) is 11.7. The molecule has 0 atom stereocenters. The molecular formula is C27H23N5O4. The Morgan fingerprint density at radius 1 is 1.17 bits per heavy atom. The molecule has 36 heavy (non-hydrogen) atoms. The highest BCUT2D eigenvalue weighted by atomic mass is 16.5. The third-order valence-corrected chi connectivity index (χ3v) is 6.17. The molecular weight excluding hydrogens is 458 g/mol. The molecule has 180 valence electrons. The molecule has 1 aliphatic heterocycles. The predicted octanol–water partition coefficient (Wildman–Crippen LogP) is 4.34. The van der Waals surface area contributed by atoms with E-state index in [0.29, 0.717) is 31.6 Å². The van der Waals surface area contributed by atoms with Gasteiger partial charge in [-0.3, -0.25) is 14.1 Å². The highest BCUT2D eigenvalue weighted by molar-refractivity contribution is 5.93. The number of benzene rings is 2. The van der Waals surface area contributed by atoms with Crippen molar-refractivity contribution in [1.82, 2.24) is 24.7 Å². The lowest BCUT2D eigenvalue weighted by Gasteiger charge is -2.13. The van der Waals surface area contributed by atoms with Gasteiger partial charge in [0.25, 0.3) is 6.01 Å². The Hall–Kier alpha value is -4.66. The van der Waals surface area contributed by atoms with Crippen LogP contribution in [-0.2, 0) is 13.2 Å². The first-order chi connectivity index (χ1) is 17.6. The summed E-state index contributed by atoms with van der Waals surface area (Å²) in [7, 11) is 0. The highest BCUT2D eigenvalue weighted by Crippen LogP contribution is 2.38. The van der Waals surface area contributed by atoms with Crippen molar-refractivity contribution in [2.24, 2.45) is 0 Å². The Balaban J connectivity index is 1.45. The second-order valence-electron chi connectivity index (χ2n) is 8.53. The van der Waals surface area contributed by atoms with Crippen molar-refractivity contribution < 1.29 is 14.0 Å². The number of H-pyrrole nitrogens is 1. The number of aromatic amines is 1. The van der Waals surface area contributed by atoms with Crippen molar-refractivity contribution in [2.45, 2.75) is 27.0 Å². The molecule has 6 rings (SSSR count). The summed E-state index contributed by atoms with van der Waals surface area (Å²) in [6.07, 6.45) is 3.60. The van der Waals surface area contributed by atoms with Crippen molar-refractivity contribution in [3.63, 3.8) is 0 Å². The van der Waals surface area contributed by atoms with Gasteiger partial charge in [-0.15, -0.1) is 0 Å². The maximum atomic E-state index is 11.5. The molecule has 1 N–H and O–H groups in total. The summed E-state index contributed by atoms with van der Waals surface area (Å²) in [4.78, 5) is 23.4. The van der Waals surface area contributed by atoms with Crippen LogP contribution >= 0.6 is 0 Å². The number of nitrogens with zero attached hydrogens (tertiary/aromatic N) is 4. The van der Waals surface area contributed by atoms with E-state index in [1.165, 1.54) is 0 Å². The van der Waals surface area contributed by atoms with Crippen LogP contribution in [0.5, 0.6) is 11.8 Å². The molecule has 2 aromatic carbocycles. The Morgan fingerprint density at radius 3 is 2.89 bits per heavy atom. The van der Waals surface area contributed by atoms with Crippen LogP contribution < -0.4 is 15.2 Å². The second-order valence-corrected chi connectivity index (χ2v) is 8.53. The molecule has 0 saturated carbocycles. The number of aromatic nitrogens is 5. The zero-order valence-electron chi connectivity index (χ0n) is 19.8. The van der Waals surface area contributed by atoms with E-state index in [1.54, 1.807) is 12.3 Å². The minimum atomic E-state index is -0.600. The fourth-order valence-electron chi connectivity index (χ4n) is 4.52. The van der Waals surface area contributed by atoms with Crippen LogP contribution in [0.1, 0.15) is 40.6 Å². The summed E-state index contributed by atoms with van der Waals surface area (Å²) < 4.78 is 18.7. The number of fused-ring (bicyclic) bond motifs is 3. The van der Waals surface area contributed by atoms with E-state index in [9.17, 15) is 4.79 Å². The van der Waals surface area contributed by atoms with Crippen LogP contribution in [-0.4, -0.2) is 31.3 Å². The van der Waals surface area contributed by atoms with Crippen molar-refractivity contribution in [3.05, 3.63) is 98.9 Å². The van der Waals surface area contributed by atoms with E-state index < -0.39 is 5.76 Å². The van der Waals surface area contributed by atoms with E-state index in [-0.39, 0.29) is 0 Å². The topological polar surface area (TPSA) is 108 Å². The summed E-state index contributed by atoms with van der Waals surface area (Å²) in [5.41, 5.74) is 7.51. The van der Waals surface area contributed by atoms with Gasteiger partial charge in [0.1, 0.15) is 17.9 Å². The van der Waals surface area contributed by atoms with Crippen LogP contribution in [0.25, 0.3) is 22.8 Å². The smallest absolute Gasteiger partial charge is 0.439 e. The summed E-state index contributed by atoms with van der Waals surface area (Å²) in [6, 6.07) is 16.6. The van der Waals surface area contributed by atoms with Gasteiger partial charge in [-0.2, -0.15) is 4.98 Å². The third-order valence-electron chi connectivity index (χ3n) is 6.17. The maximum Gasteiger partial charge on any atom is 0.439 e. The van der Waals surface area contributed by atoms with E-state index >= 15 is 0 Å². The zero-order chi connectivity index (χ0) is 24.6. The lowest BCUT2D eigenvalue weighted by atomic mass is 9.92. The van der Waals surface area contributed by atoms with Gasteiger partial charge in [0.2, 0.25) is 0 Å². The molecule has 4 heterocycles. The van der Waals surface area contributed by atoms with Crippen molar-refractivity contribution >= 4 is 22.8 Å². The van der Waals surface area contributed by atoms with E-state index in [4.69, 9.17) is 14.0 Å². The number of ether oxygens (including phenoxy) is 2. The predicted molar refractivity (Wildman–Crippen MR) is 134 cm³/mol. The van der Waals surface area contributed by atoms with Gasteiger partial charge < -0.3 is 9.47 Å². The number of pyridine rings is 1. The molecule has 9 nitrogen and oxygen atoms in total. The number of hydrogen-bond acceptors (Lipinski definition) is 7. The van der Waals surface area contributed by atoms with Gasteiger partial charge in [0.15, 0.2) is 11.5 Å². The molecule has 1 aliphatic rings. The minimum absolute atomic E-state index is 0.342. The van der Waals surface area contributed by atoms with Crippen molar-refractivity contribution in [1.29, 1.82) is 0 Å². The van der Waals surface area contributed by atoms with Gasteiger partial charge >= 0.3 is 5.76 Å². The number of rotatable bonds is 5. The van der Waals surface area contributed by atoms with Crippen molar-refractivity contribution in [2.75, 3.05) is 6.61 Å². The van der Waals surface area contributed by atoms with Crippen molar-refractivity contribution in [3.8, 4) is 11.8 Å². The van der Waals surface area contributed by atoms with Gasteiger partial charge in [-0.05, 0) is 65.9 Å². The number of aryl methyl sites for hydroxylation is 1. The second kappa shape index (κ2) is 8.84. The molecule has 9 heteroatoms. The maximum absolute atomic E-state index is 11.5. The van der Waals surface area contributed by atoms with Gasteiger partial charge in [-0.25, -0.2) is 9.78 Å². The molecule has 0 unspecified atom stereocenters. The Morgan fingerprint density at radius 2 is 2.06 bits per heavy atom. The summed E-state index contributed by atoms with van der Waals surface area (Å²) in [5.74, 6) is 0.498. The summed E-state index contributed by atoms with van der Waals surface area (Å²) in [5, 5.41) is 3.83. The molecule has 0 radical (unpaired) electrons. The van der Waals surface area contributed by atoms with Crippen LogP contribution in [0.4, 0.5) is 0 Å². The SMILES string of the molecule is CCOc1nc2c(C)ccnc2n1Cc1ccc2c(c1)COc1ccccc1C2=Cc1noc(=O)[nH]1. The van der Waals surface area contributed by atoms with Gasteiger partial charge in [0, 0.05) is 11.8 Å². The standard InChI is InChI=1S/C27H23N5O4/c1-3-34-26-30-24-16(2)10-11-28-25(24)32(26)14-17-8-9-19-18(12-17)15-35-22-7-5-4-6-20(22)21(19)13-23-29-27(33)36-31-23/h4-13H,3,14-15H2,1-2H3,(H,29,31,33). The Kier molecular flexibility index (Phi) is 5.37. The van der Waals surface area contributed by atoms with E-state index in [2.05, 4.69) is 38.3 Å². The number of hydrogen-bond donors (Lipinski definition) is 1. The van der Waals surface area contributed by atoms with E-state index in [0.717, 1.165) is 50.3 Å². The average Bonchev–Trinajstić information content (AvgIpc) is 3.41. The van der Waals surface area contributed by atoms with Gasteiger partial charge in [-0.1, -0.05) is 35.5 Å². The van der Waals surface area contributed by atoms with E-state index in [1.807, 2.05) is 48.7 Å². The molecule has 0 amide bonds. The average molecular weight is 482 g/mol. The zero-order valence-corrected chi connectivity index (χ0v) is 19.8.